The molecule has 0 N–H and O–H groups in total. The summed E-state index contributed by atoms with van der Waals surface area (Å²) in [6.07, 6.45) is -2.13. The van der Waals surface area contributed by atoms with E-state index in [9.17, 15) is 18.0 Å². The number of benzene rings is 2. The Hall–Kier alpha value is -3.49. The third-order valence-electron chi connectivity index (χ3n) is 5.88. The normalized spacial score (nSPS) is 16.0. The third kappa shape index (κ3) is 5.35. The van der Waals surface area contributed by atoms with Crippen molar-refractivity contribution in [1.29, 1.82) is 0 Å². The number of rotatable bonds is 6. The van der Waals surface area contributed by atoms with E-state index in [1.807, 2.05) is 24.3 Å². The van der Waals surface area contributed by atoms with Gasteiger partial charge >= 0.3 is 12.3 Å². The average Bonchev–Trinajstić information content (AvgIpc) is 3.43. The summed E-state index contributed by atoms with van der Waals surface area (Å²) < 4.78 is 54.9. The van der Waals surface area contributed by atoms with Gasteiger partial charge in [0, 0.05) is 18.2 Å². The molecular formula is C25H25F3N2O4. The molecule has 0 radical (unpaired) electrons. The van der Waals surface area contributed by atoms with Gasteiger partial charge in [-0.1, -0.05) is 12.1 Å². The van der Waals surface area contributed by atoms with Crippen molar-refractivity contribution in [3.8, 4) is 17.2 Å². The van der Waals surface area contributed by atoms with Gasteiger partial charge in [-0.3, -0.25) is 0 Å². The monoisotopic (exact) mass is 474 g/mol. The number of aryl methyl sites for hydroxylation is 1. The number of aromatic nitrogens is 1. The summed E-state index contributed by atoms with van der Waals surface area (Å²) in [4.78, 5) is 18.0. The number of nitrogens with zero attached hydrogens (tertiary/aromatic N) is 2. The average molecular weight is 474 g/mol. The summed E-state index contributed by atoms with van der Waals surface area (Å²) in [6, 6.07) is 12.4. The molecule has 2 heterocycles. The summed E-state index contributed by atoms with van der Waals surface area (Å²) >= 11 is 0. The predicted octanol–water partition coefficient (Wildman–Crippen LogP) is 6.02. The first-order valence-corrected chi connectivity index (χ1v) is 10.9. The van der Waals surface area contributed by atoms with E-state index in [1.165, 1.54) is 19.2 Å². The van der Waals surface area contributed by atoms with Gasteiger partial charge in [-0.25, -0.2) is 9.78 Å². The molecule has 4 rings (SSSR count). The molecule has 6 nitrogen and oxygen atoms in total. The maximum Gasteiger partial charge on any atom is 0.416 e. The van der Waals surface area contributed by atoms with E-state index in [0.29, 0.717) is 35.7 Å². The van der Waals surface area contributed by atoms with Crippen molar-refractivity contribution in [2.24, 2.45) is 0 Å². The van der Waals surface area contributed by atoms with Crippen LogP contribution in [0.1, 0.15) is 35.4 Å². The fourth-order valence-corrected chi connectivity index (χ4v) is 4.08. The fraction of sp³-hybridized carbons (Fsp3) is 0.360. The van der Waals surface area contributed by atoms with Gasteiger partial charge in [0.2, 0.25) is 5.89 Å². The van der Waals surface area contributed by atoms with E-state index >= 15 is 0 Å². The van der Waals surface area contributed by atoms with Crippen molar-refractivity contribution in [2.45, 2.75) is 45.0 Å². The molecular weight excluding hydrogens is 449 g/mol. The largest absolute Gasteiger partial charge is 0.486 e. The smallest absolute Gasteiger partial charge is 0.416 e. The topological polar surface area (TPSA) is 64.8 Å². The van der Waals surface area contributed by atoms with E-state index in [0.717, 1.165) is 30.5 Å². The highest BCUT2D eigenvalue weighted by Crippen LogP contribution is 2.31. The van der Waals surface area contributed by atoms with E-state index < -0.39 is 11.7 Å². The van der Waals surface area contributed by atoms with Crippen LogP contribution in [0.15, 0.2) is 52.9 Å². The number of carbonyl (C=O) groups excluding carboxylic acids is 1. The van der Waals surface area contributed by atoms with Crippen LogP contribution < -0.4 is 4.74 Å². The van der Waals surface area contributed by atoms with E-state index in [2.05, 4.69) is 4.98 Å². The number of hydrogen-bond donors (Lipinski definition) is 0. The van der Waals surface area contributed by atoms with Gasteiger partial charge in [0.1, 0.15) is 12.4 Å². The van der Waals surface area contributed by atoms with Crippen LogP contribution in [-0.4, -0.2) is 35.7 Å². The first kappa shape index (κ1) is 23.7. The number of amides is 1. The minimum atomic E-state index is -4.39. The van der Waals surface area contributed by atoms with Crippen molar-refractivity contribution >= 4 is 6.09 Å². The zero-order valence-electron chi connectivity index (χ0n) is 18.9. The Labute approximate surface area is 195 Å². The lowest BCUT2D eigenvalue weighted by molar-refractivity contribution is -0.137. The van der Waals surface area contributed by atoms with Gasteiger partial charge < -0.3 is 18.8 Å². The van der Waals surface area contributed by atoms with Gasteiger partial charge in [-0.2, -0.15) is 13.2 Å². The lowest BCUT2D eigenvalue weighted by Crippen LogP contribution is -2.36. The fourth-order valence-electron chi connectivity index (χ4n) is 4.08. The Morgan fingerprint density at radius 3 is 2.68 bits per heavy atom. The summed E-state index contributed by atoms with van der Waals surface area (Å²) in [5.41, 5.74) is 1.37. The third-order valence-corrected chi connectivity index (χ3v) is 5.88. The SMILES string of the molecule is COC(=O)N1CCCC1Cc1cccc(OCc2oc(-c3ccc(C(F)(F)F)cc3)nc2C)c1. The Kier molecular flexibility index (Phi) is 6.81. The number of halogens is 3. The molecule has 1 atom stereocenters. The van der Waals surface area contributed by atoms with Crippen molar-refractivity contribution in [1.82, 2.24) is 9.88 Å². The quantitative estimate of drug-likeness (QED) is 0.437. The minimum absolute atomic E-state index is 0.0884. The highest BCUT2D eigenvalue weighted by molar-refractivity contribution is 5.68. The van der Waals surface area contributed by atoms with E-state index in [-0.39, 0.29) is 24.6 Å². The van der Waals surface area contributed by atoms with Crippen LogP contribution >= 0.6 is 0 Å². The lowest BCUT2D eigenvalue weighted by atomic mass is 10.0. The molecule has 0 bridgehead atoms. The molecule has 0 aliphatic carbocycles. The number of hydrogen-bond acceptors (Lipinski definition) is 5. The molecule has 9 heteroatoms. The molecule has 0 spiro atoms. The van der Waals surface area contributed by atoms with Crippen molar-refractivity contribution < 1.29 is 31.9 Å². The minimum Gasteiger partial charge on any atom is -0.486 e. The molecule has 180 valence electrons. The van der Waals surface area contributed by atoms with Gasteiger partial charge in [-0.15, -0.1) is 0 Å². The highest BCUT2D eigenvalue weighted by atomic mass is 19.4. The second-order valence-electron chi connectivity index (χ2n) is 8.20. The Balaban J connectivity index is 1.40. The van der Waals surface area contributed by atoms with Gasteiger partial charge in [0.05, 0.1) is 18.4 Å². The van der Waals surface area contributed by atoms with Crippen molar-refractivity contribution in [3.05, 3.63) is 71.1 Å². The lowest BCUT2D eigenvalue weighted by Gasteiger charge is -2.23. The number of carbonyl (C=O) groups is 1. The molecule has 1 unspecified atom stereocenters. The number of alkyl halides is 3. The number of methoxy groups -OCH3 is 1. The Bertz CT molecular complexity index is 1140. The maximum absolute atomic E-state index is 12.8. The molecule has 0 saturated carbocycles. The Morgan fingerprint density at radius 1 is 1.21 bits per heavy atom. The highest BCUT2D eigenvalue weighted by Gasteiger charge is 2.30. The summed E-state index contributed by atoms with van der Waals surface area (Å²) in [5.74, 6) is 1.38. The van der Waals surface area contributed by atoms with Crippen LogP contribution in [0.2, 0.25) is 0 Å². The first-order valence-electron chi connectivity index (χ1n) is 10.9. The summed E-state index contributed by atoms with van der Waals surface area (Å²) in [7, 11) is 1.39. The van der Waals surface area contributed by atoms with Crippen LogP contribution in [-0.2, 0) is 23.9 Å². The molecule has 1 saturated heterocycles. The van der Waals surface area contributed by atoms with Gasteiger partial charge in [0.15, 0.2) is 5.76 Å². The molecule has 1 fully saturated rings. The predicted molar refractivity (Wildman–Crippen MR) is 118 cm³/mol. The number of ether oxygens (including phenoxy) is 2. The zero-order chi connectivity index (χ0) is 24.3. The molecule has 1 aromatic heterocycles. The number of oxazole rings is 1. The molecule has 1 amide bonds. The van der Waals surface area contributed by atoms with Gasteiger partial charge in [-0.05, 0) is 68.1 Å². The number of likely N-dealkylation sites (tertiary alicyclic amines) is 1. The Morgan fingerprint density at radius 2 is 1.97 bits per heavy atom. The first-order chi connectivity index (χ1) is 16.2. The molecule has 2 aromatic carbocycles. The van der Waals surface area contributed by atoms with E-state index in [1.54, 1.807) is 11.8 Å². The summed E-state index contributed by atoms with van der Waals surface area (Å²) in [6.45, 7) is 2.58. The summed E-state index contributed by atoms with van der Waals surface area (Å²) in [5, 5.41) is 0. The van der Waals surface area contributed by atoms with Crippen molar-refractivity contribution in [3.63, 3.8) is 0 Å². The van der Waals surface area contributed by atoms with E-state index in [4.69, 9.17) is 13.9 Å². The second kappa shape index (κ2) is 9.79. The molecule has 1 aliphatic heterocycles. The standard InChI is InChI=1S/C25H25F3N2O4/c1-16-22(34-23(29-16)18-8-10-19(11-9-18)25(26,27)28)15-33-21-7-3-5-17(14-21)13-20-6-4-12-30(20)24(31)32-2/h3,5,7-11,14,20H,4,6,12-13,15H2,1-2H3. The van der Waals surface area contributed by atoms with Crippen molar-refractivity contribution in [2.75, 3.05) is 13.7 Å². The molecule has 34 heavy (non-hydrogen) atoms. The maximum atomic E-state index is 12.8. The molecule has 3 aromatic rings. The molecule has 1 aliphatic rings. The van der Waals surface area contributed by atoms with Gasteiger partial charge in [0.25, 0.3) is 0 Å². The van der Waals surface area contributed by atoms with Crippen LogP contribution in [0.5, 0.6) is 5.75 Å². The zero-order valence-corrected chi connectivity index (χ0v) is 18.9. The van der Waals surface area contributed by atoms with Crippen LogP contribution in [0.25, 0.3) is 11.5 Å². The van der Waals surface area contributed by atoms with Crippen LogP contribution in [0.3, 0.4) is 0 Å². The second-order valence-corrected chi connectivity index (χ2v) is 8.20. The van der Waals surface area contributed by atoms with Crippen LogP contribution in [0.4, 0.5) is 18.0 Å². The van der Waals surface area contributed by atoms with Crippen LogP contribution in [0, 0.1) is 6.92 Å².